The third-order valence-electron chi connectivity index (χ3n) is 6.40. The van der Waals surface area contributed by atoms with Gasteiger partial charge in [-0.3, -0.25) is 9.89 Å². The molecule has 2 aromatic heterocycles. The first kappa shape index (κ1) is 25.3. The number of rotatable bonds is 8. The quantitative estimate of drug-likeness (QED) is 0.344. The molecule has 0 fully saturated rings. The van der Waals surface area contributed by atoms with Gasteiger partial charge in [-0.05, 0) is 48.1 Å². The van der Waals surface area contributed by atoms with Crippen molar-refractivity contribution in [2.24, 2.45) is 0 Å². The summed E-state index contributed by atoms with van der Waals surface area (Å²) in [6, 6.07) is 19.8. The highest BCUT2D eigenvalue weighted by Crippen LogP contribution is 2.39. The van der Waals surface area contributed by atoms with Crippen LogP contribution < -0.4 is 14.4 Å². The molecule has 7 nitrogen and oxygen atoms in total. The molecular weight excluding hydrogens is 476 g/mol. The topological polar surface area (TPSA) is 80.3 Å². The van der Waals surface area contributed by atoms with Crippen LogP contribution in [0.15, 0.2) is 79.3 Å². The SMILES string of the molecule is COc1ccc(N(Cc2cn[nH]c2)C(=O)C2CCCc3c(OCc4ccccc4)cccc32)cn1.Cl. The third-order valence-corrected chi connectivity index (χ3v) is 6.40. The van der Waals surface area contributed by atoms with Crippen LogP contribution in [0.5, 0.6) is 11.6 Å². The predicted molar refractivity (Wildman–Crippen MR) is 141 cm³/mol. The zero-order valence-corrected chi connectivity index (χ0v) is 20.9. The number of hydrogen-bond donors (Lipinski definition) is 1. The number of H-pyrrole nitrogens is 1. The first-order valence-corrected chi connectivity index (χ1v) is 11.8. The first-order chi connectivity index (χ1) is 17.2. The third kappa shape index (κ3) is 5.52. The number of aromatic nitrogens is 3. The molecule has 0 bridgehead atoms. The van der Waals surface area contributed by atoms with Crippen LogP contribution in [0.25, 0.3) is 0 Å². The average molecular weight is 505 g/mol. The van der Waals surface area contributed by atoms with Gasteiger partial charge in [-0.15, -0.1) is 12.4 Å². The van der Waals surface area contributed by atoms with Crippen LogP contribution in [0.3, 0.4) is 0 Å². The zero-order valence-electron chi connectivity index (χ0n) is 20.1. The number of anilines is 1. The smallest absolute Gasteiger partial charge is 0.234 e. The van der Waals surface area contributed by atoms with E-state index in [-0.39, 0.29) is 24.2 Å². The van der Waals surface area contributed by atoms with Gasteiger partial charge in [-0.1, -0.05) is 42.5 Å². The molecule has 0 saturated heterocycles. The Balaban J connectivity index is 0.00000304. The summed E-state index contributed by atoms with van der Waals surface area (Å²) in [6.45, 7) is 0.902. The van der Waals surface area contributed by atoms with Gasteiger partial charge in [0.2, 0.25) is 11.8 Å². The van der Waals surface area contributed by atoms with E-state index in [0.717, 1.165) is 53.0 Å². The number of ether oxygens (including phenoxy) is 2. The van der Waals surface area contributed by atoms with E-state index in [1.165, 1.54) is 0 Å². The molecule has 1 atom stereocenters. The Kier molecular flexibility index (Phi) is 8.23. The maximum Gasteiger partial charge on any atom is 0.234 e. The minimum Gasteiger partial charge on any atom is -0.489 e. The number of benzene rings is 2. The van der Waals surface area contributed by atoms with Crippen LogP contribution in [-0.4, -0.2) is 28.2 Å². The number of nitrogens with one attached hydrogen (secondary N) is 1. The van der Waals surface area contributed by atoms with E-state index in [9.17, 15) is 4.79 Å². The molecule has 36 heavy (non-hydrogen) atoms. The van der Waals surface area contributed by atoms with Crippen LogP contribution in [0, 0.1) is 0 Å². The van der Waals surface area contributed by atoms with Gasteiger partial charge in [0.15, 0.2) is 0 Å². The largest absolute Gasteiger partial charge is 0.489 e. The molecule has 1 aliphatic rings. The summed E-state index contributed by atoms with van der Waals surface area (Å²) in [6.07, 6.45) is 7.84. The number of carbonyl (C=O) groups excluding carboxylic acids is 1. The Hall–Kier alpha value is -3.84. The maximum atomic E-state index is 14.0. The van der Waals surface area contributed by atoms with Gasteiger partial charge >= 0.3 is 0 Å². The van der Waals surface area contributed by atoms with Crippen LogP contribution in [0.1, 0.15) is 41.0 Å². The fourth-order valence-electron chi connectivity index (χ4n) is 4.63. The van der Waals surface area contributed by atoms with Crippen LogP contribution in [0.2, 0.25) is 0 Å². The van der Waals surface area contributed by atoms with Gasteiger partial charge in [0.05, 0.1) is 37.7 Å². The van der Waals surface area contributed by atoms with E-state index in [4.69, 9.17) is 9.47 Å². The van der Waals surface area contributed by atoms with Crippen LogP contribution in [-0.2, 0) is 24.4 Å². The number of halogens is 1. The van der Waals surface area contributed by atoms with Gasteiger partial charge < -0.3 is 14.4 Å². The van der Waals surface area contributed by atoms with E-state index in [1.54, 1.807) is 30.5 Å². The van der Waals surface area contributed by atoms with Gasteiger partial charge in [-0.2, -0.15) is 5.10 Å². The molecule has 8 heteroatoms. The number of methoxy groups -OCH3 is 1. The second-order valence-electron chi connectivity index (χ2n) is 8.63. The van der Waals surface area contributed by atoms with Crippen molar-refractivity contribution in [3.05, 3.63) is 102 Å². The lowest BCUT2D eigenvalue weighted by Crippen LogP contribution is -2.36. The van der Waals surface area contributed by atoms with Crippen molar-refractivity contribution in [3.8, 4) is 11.6 Å². The van der Waals surface area contributed by atoms with Crippen molar-refractivity contribution in [1.82, 2.24) is 15.2 Å². The second kappa shape index (κ2) is 11.7. The van der Waals surface area contributed by atoms with E-state index >= 15 is 0 Å². The van der Waals surface area contributed by atoms with Crippen LogP contribution >= 0.6 is 12.4 Å². The second-order valence-corrected chi connectivity index (χ2v) is 8.63. The average Bonchev–Trinajstić information content (AvgIpc) is 3.44. The van der Waals surface area contributed by atoms with Crippen molar-refractivity contribution < 1.29 is 14.3 Å². The molecular formula is C28H29ClN4O3. The minimum atomic E-state index is -0.256. The fourth-order valence-corrected chi connectivity index (χ4v) is 4.63. The number of amides is 1. The van der Waals surface area contributed by atoms with Gasteiger partial charge in [0.25, 0.3) is 0 Å². The molecule has 1 aliphatic carbocycles. The molecule has 1 amide bonds. The number of nitrogens with zero attached hydrogens (tertiary/aromatic N) is 3. The minimum absolute atomic E-state index is 0. The molecule has 2 aromatic carbocycles. The van der Waals surface area contributed by atoms with Crippen molar-refractivity contribution in [3.63, 3.8) is 0 Å². The lowest BCUT2D eigenvalue weighted by Gasteiger charge is -2.31. The van der Waals surface area contributed by atoms with Crippen LogP contribution in [0.4, 0.5) is 5.69 Å². The molecule has 5 rings (SSSR count). The lowest BCUT2D eigenvalue weighted by molar-refractivity contribution is -0.120. The Morgan fingerprint density at radius 2 is 1.92 bits per heavy atom. The van der Waals surface area contributed by atoms with E-state index in [2.05, 4.69) is 33.4 Å². The molecule has 2 heterocycles. The normalized spacial score (nSPS) is 14.3. The molecule has 4 aromatic rings. The summed E-state index contributed by atoms with van der Waals surface area (Å²) < 4.78 is 11.4. The van der Waals surface area contributed by atoms with Crippen molar-refractivity contribution >= 4 is 24.0 Å². The van der Waals surface area contributed by atoms with Crippen molar-refractivity contribution in [1.29, 1.82) is 0 Å². The number of hydrogen-bond acceptors (Lipinski definition) is 5. The molecule has 0 spiro atoms. The monoisotopic (exact) mass is 504 g/mol. The van der Waals surface area contributed by atoms with Gasteiger partial charge in [-0.25, -0.2) is 4.98 Å². The fraction of sp³-hybridized carbons (Fsp3) is 0.250. The zero-order chi connectivity index (χ0) is 24.0. The van der Waals surface area contributed by atoms with E-state index in [0.29, 0.717) is 19.0 Å². The Morgan fingerprint density at radius 1 is 1.06 bits per heavy atom. The van der Waals surface area contributed by atoms with Gasteiger partial charge in [0.1, 0.15) is 12.4 Å². The van der Waals surface area contributed by atoms with Crippen molar-refractivity contribution in [2.45, 2.75) is 38.3 Å². The highest BCUT2D eigenvalue weighted by atomic mass is 35.5. The molecule has 0 saturated carbocycles. The maximum absolute atomic E-state index is 14.0. The van der Waals surface area contributed by atoms with E-state index < -0.39 is 0 Å². The first-order valence-electron chi connectivity index (χ1n) is 11.8. The highest BCUT2D eigenvalue weighted by molar-refractivity contribution is 5.98. The summed E-state index contributed by atoms with van der Waals surface area (Å²) >= 11 is 0. The lowest BCUT2D eigenvalue weighted by atomic mass is 9.81. The molecule has 1 N–H and O–H groups in total. The Morgan fingerprint density at radius 3 is 2.64 bits per heavy atom. The summed E-state index contributed by atoms with van der Waals surface area (Å²) in [5, 5.41) is 6.88. The Labute approximate surface area is 216 Å². The summed E-state index contributed by atoms with van der Waals surface area (Å²) in [5.41, 5.74) is 4.94. The molecule has 0 radical (unpaired) electrons. The number of fused-ring (bicyclic) bond motifs is 1. The summed E-state index contributed by atoms with van der Waals surface area (Å²) in [7, 11) is 1.58. The molecule has 186 valence electrons. The molecule has 1 unspecified atom stereocenters. The van der Waals surface area contributed by atoms with Crippen molar-refractivity contribution in [2.75, 3.05) is 12.0 Å². The summed E-state index contributed by atoms with van der Waals surface area (Å²) in [4.78, 5) is 20.1. The highest BCUT2D eigenvalue weighted by Gasteiger charge is 2.32. The standard InChI is InChI=1S/C28H28N4O3.ClH/c1-34-27-14-13-22(17-29-27)32(18-21-15-30-31-16-21)28(33)25-11-5-10-24-23(25)9-6-12-26(24)35-19-20-7-3-2-4-8-20;/h2-4,6-9,12-17,25H,5,10-11,18-19H2,1H3,(H,30,31);1H. The number of carbonyl (C=O) groups is 1. The number of aromatic amines is 1. The Bertz CT molecular complexity index is 1260. The van der Waals surface area contributed by atoms with E-state index in [1.807, 2.05) is 42.6 Å². The summed E-state index contributed by atoms with van der Waals surface area (Å²) in [5.74, 6) is 1.15. The van der Waals surface area contributed by atoms with Gasteiger partial charge in [0, 0.05) is 17.8 Å². The number of pyridine rings is 1. The molecule has 0 aliphatic heterocycles. The predicted octanol–water partition coefficient (Wildman–Crippen LogP) is 5.47.